The van der Waals surface area contributed by atoms with E-state index in [2.05, 4.69) is 26.8 Å². The summed E-state index contributed by atoms with van der Waals surface area (Å²) in [6, 6.07) is 3.96. The molecular weight excluding hydrogens is 200 g/mol. The van der Waals surface area contributed by atoms with Crippen molar-refractivity contribution in [3.63, 3.8) is 0 Å². The van der Waals surface area contributed by atoms with Crippen molar-refractivity contribution in [1.29, 1.82) is 0 Å². The third-order valence-electron chi connectivity index (χ3n) is 2.73. The molecule has 0 aromatic carbocycles. The van der Waals surface area contributed by atoms with E-state index >= 15 is 0 Å². The van der Waals surface area contributed by atoms with Crippen LogP contribution in [0, 0.1) is 0 Å². The summed E-state index contributed by atoms with van der Waals surface area (Å²) in [5, 5.41) is 3.16. The van der Waals surface area contributed by atoms with E-state index in [1.165, 1.54) is 0 Å². The molecule has 0 bridgehead atoms. The lowest BCUT2D eigenvalue weighted by molar-refractivity contribution is 0.655. The van der Waals surface area contributed by atoms with Crippen LogP contribution in [0.2, 0.25) is 0 Å². The van der Waals surface area contributed by atoms with Gasteiger partial charge in [-0.15, -0.1) is 0 Å². The lowest BCUT2D eigenvalue weighted by atomic mass is 10.3. The fraction of sp³-hybridized carbons (Fsp3) is 0.500. The highest BCUT2D eigenvalue weighted by atomic mass is 15.1. The van der Waals surface area contributed by atoms with Gasteiger partial charge in [-0.05, 0) is 39.1 Å². The van der Waals surface area contributed by atoms with E-state index in [-0.39, 0.29) is 0 Å². The summed E-state index contributed by atoms with van der Waals surface area (Å²) in [6.07, 6.45) is 3.94. The van der Waals surface area contributed by atoms with Crippen LogP contribution < -0.4 is 5.32 Å². The van der Waals surface area contributed by atoms with Crippen molar-refractivity contribution >= 4 is 11.2 Å². The molecule has 0 aliphatic rings. The molecule has 0 amide bonds. The molecule has 2 aromatic heterocycles. The molecule has 0 spiro atoms. The summed E-state index contributed by atoms with van der Waals surface area (Å²) in [5.74, 6) is 1.14. The molecule has 0 atom stereocenters. The zero-order valence-corrected chi connectivity index (χ0v) is 9.90. The second-order valence-corrected chi connectivity index (χ2v) is 3.83. The average Bonchev–Trinajstić information content (AvgIpc) is 2.67. The Morgan fingerprint density at radius 1 is 1.44 bits per heavy atom. The minimum atomic E-state index is 0.933. The lowest BCUT2D eigenvalue weighted by Crippen LogP contribution is -2.10. The largest absolute Gasteiger partial charge is 0.320 e. The first-order valence-electron chi connectivity index (χ1n) is 5.81. The van der Waals surface area contributed by atoms with Gasteiger partial charge in [0.15, 0.2) is 5.65 Å². The van der Waals surface area contributed by atoms with Gasteiger partial charge >= 0.3 is 0 Å². The maximum Gasteiger partial charge on any atom is 0.159 e. The van der Waals surface area contributed by atoms with Crippen molar-refractivity contribution in [3.05, 3.63) is 24.2 Å². The molecule has 4 heteroatoms. The van der Waals surface area contributed by atoms with Gasteiger partial charge in [0.05, 0.1) is 0 Å². The molecule has 2 heterocycles. The van der Waals surface area contributed by atoms with E-state index < -0.39 is 0 Å². The smallest absolute Gasteiger partial charge is 0.159 e. The predicted octanol–water partition coefficient (Wildman–Crippen LogP) is 1.60. The van der Waals surface area contributed by atoms with Gasteiger partial charge in [-0.3, -0.25) is 0 Å². The number of fused-ring (bicyclic) bond motifs is 1. The van der Waals surface area contributed by atoms with Gasteiger partial charge in [-0.1, -0.05) is 0 Å². The van der Waals surface area contributed by atoms with Gasteiger partial charge in [-0.25, -0.2) is 9.97 Å². The van der Waals surface area contributed by atoms with E-state index in [0.717, 1.165) is 42.9 Å². The molecule has 0 aliphatic heterocycles. The first-order valence-corrected chi connectivity index (χ1v) is 5.81. The number of aromatic nitrogens is 3. The summed E-state index contributed by atoms with van der Waals surface area (Å²) in [7, 11) is 1.98. The number of hydrogen-bond acceptors (Lipinski definition) is 3. The summed E-state index contributed by atoms with van der Waals surface area (Å²) in [6.45, 7) is 4.10. The topological polar surface area (TPSA) is 42.7 Å². The van der Waals surface area contributed by atoms with Crippen LogP contribution in [-0.4, -0.2) is 28.1 Å². The van der Waals surface area contributed by atoms with Crippen molar-refractivity contribution in [3.8, 4) is 0 Å². The molecule has 0 saturated carbocycles. The van der Waals surface area contributed by atoms with Gasteiger partial charge in [0.2, 0.25) is 0 Å². The second-order valence-electron chi connectivity index (χ2n) is 3.83. The van der Waals surface area contributed by atoms with Crippen LogP contribution in [0.4, 0.5) is 0 Å². The summed E-state index contributed by atoms with van der Waals surface area (Å²) < 4.78 is 2.20. The Kier molecular flexibility index (Phi) is 3.51. The molecule has 0 unspecified atom stereocenters. The van der Waals surface area contributed by atoms with Crippen molar-refractivity contribution in [2.45, 2.75) is 26.3 Å². The summed E-state index contributed by atoms with van der Waals surface area (Å²) in [4.78, 5) is 9.01. The maximum atomic E-state index is 4.63. The van der Waals surface area contributed by atoms with Crippen molar-refractivity contribution in [2.24, 2.45) is 0 Å². The molecule has 0 saturated heterocycles. The Morgan fingerprint density at radius 3 is 3.06 bits per heavy atom. The highest BCUT2D eigenvalue weighted by Gasteiger charge is 2.08. The normalized spacial score (nSPS) is 11.1. The fourth-order valence-electron chi connectivity index (χ4n) is 1.95. The predicted molar refractivity (Wildman–Crippen MR) is 65.4 cm³/mol. The van der Waals surface area contributed by atoms with E-state index in [4.69, 9.17) is 0 Å². The Bertz CT molecular complexity index is 461. The van der Waals surface area contributed by atoms with Crippen LogP contribution in [0.1, 0.15) is 19.2 Å². The molecule has 86 valence electrons. The van der Waals surface area contributed by atoms with Crippen LogP contribution in [-0.2, 0) is 13.0 Å². The number of aryl methyl sites for hydroxylation is 2. The summed E-state index contributed by atoms with van der Waals surface area (Å²) >= 11 is 0. The van der Waals surface area contributed by atoms with Crippen LogP contribution in [0.25, 0.3) is 11.2 Å². The first kappa shape index (κ1) is 11.1. The molecule has 16 heavy (non-hydrogen) atoms. The molecular formula is C12H18N4. The van der Waals surface area contributed by atoms with Crippen LogP contribution in [0.3, 0.4) is 0 Å². The van der Waals surface area contributed by atoms with Crippen molar-refractivity contribution < 1.29 is 0 Å². The molecule has 4 nitrogen and oxygen atoms in total. The third kappa shape index (κ3) is 2.07. The monoisotopic (exact) mass is 218 g/mol. The minimum Gasteiger partial charge on any atom is -0.320 e. The molecule has 0 radical (unpaired) electrons. The highest BCUT2D eigenvalue weighted by molar-refractivity contribution is 5.71. The van der Waals surface area contributed by atoms with Gasteiger partial charge in [-0.2, -0.15) is 0 Å². The Labute approximate surface area is 95.7 Å². The number of nitrogens with one attached hydrogen (secondary N) is 1. The molecule has 0 aliphatic carbocycles. The maximum absolute atomic E-state index is 4.63. The molecule has 2 rings (SSSR count). The van der Waals surface area contributed by atoms with Crippen LogP contribution in [0.15, 0.2) is 18.3 Å². The Balaban J connectivity index is 2.29. The third-order valence-corrected chi connectivity index (χ3v) is 2.73. The van der Waals surface area contributed by atoms with Gasteiger partial charge in [0, 0.05) is 19.2 Å². The Morgan fingerprint density at radius 2 is 2.31 bits per heavy atom. The zero-order chi connectivity index (χ0) is 11.4. The molecule has 0 fully saturated rings. The van der Waals surface area contributed by atoms with Crippen molar-refractivity contribution in [2.75, 3.05) is 13.6 Å². The van der Waals surface area contributed by atoms with Gasteiger partial charge < -0.3 is 9.88 Å². The number of rotatable bonds is 5. The number of pyridine rings is 1. The van der Waals surface area contributed by atoms with E-state index in [1.807, 2.05) is 25.4 Å². The second kappa shape index (κ2) is 5.07. The first-order chi connectivity index (χ1) is 7.86. The van der Waals surface area contributed by atoms with Crippen LogP contribution in [0.5, 0.6) is 0 Å². The van der Waals surface area contributed by atoms with Gasteiger partial charge in [0.1, 0.15) is 11.3 Å². The number of hydrogen-bond donors (Lipinski definition) is 1. The highest BCUT2D eigenvalue weighted by Crippen LogP contribution is 2.14. The quantitative estimate of drug-likeness (QED) is 0.775. The van der Waals surface area contributed by atoms with Gasteiger partial charge in [0.25, 0.3) is 0 Å². The number of imidazole rings is 1. The standard InChI is InChI=1S/C12H18N4/c1-3-16-11(7-5-8-13-2)15-10-6-4-9-14-12(10)16/h4,6,9,13H,3,5,7-8H2,1-2H3. The zero-order valence-electron chi connectivity index (χ0n) is 9.90. The lowest BCUT2D eigenvalue weighted by Gasteiger charge is -2.04. The molecule has 1 N–H and O–H groups in total. The SMILES string of the molecule is CCn1c(CCCNC)nc2cccnc21. The summed E-state index contributed by atoms with van der Waals surface area (Å²) in [5.41, 5.74) is 2.01. The van der Waals surface area contributed by atoms with E-state index in [0.29, 0.717) is 0 Å². The molecule has 2 aromatic rings. The minimum absolute atomic E-state index is 0.933. The van der Waals surface area contributed by atoms with Crippen molar-refractivity contribution in [1.82, 2.24) is 19.9 Å². The fourth-order valence-corrected chi connectivity index (χ4v) is 1.95. The van der Waals surface area contributed by atoms with E-state index in [9.17, 15) is 0 Å². The number of nitrogens with zero attached hydrogens (tertiary/aromatic N) is 3. The van der Waals surface area contributed by atoms with E-state index in [1.54, 1.807) is 0 Å². The average molecular weight is 218 g/mol. The van der Waals surface area contributed by atoms with Crippen LogP contribution >= 0.6 is 0 Å². The Hall–Kier alpha value is -1.42.